The zero-order valence-electron chi connectivity index (χ0n) is 11.2. The molecule has 116 valence electrons. The molecule has 2 aromatic rings. The van der Waals surface area contributed by atoms with Crippen molar-refractivity contribution in [1.29, 1.82) is 0 Å². The number of hydrogen-bond donors (Lipinski definition) is 1. The second kappa shape index (κ2) is 6.48. The van der Waals surface area contributed by atoms with E-state index in [1.54, 1.807) is 12.1 Å². The van der Waals surface area contributed by atoms with Crippen molar-refractivity contribution in [2.45, 2.75) is 11.3 Å². The van der Waals surface area contributed by atoms with Crippen molar-refractivity contribution in [2.75, 3.05) is 22.7 Å². The number of nitrogens with one attached hydrogen (secondary N) is 1. The third-order valence-corrected chi connectivity index (χ3v) is 4.95. The predicted octanol–water partition coefficient (Wildman–Crippen LogP) is 5.00. The molecule has 22 heavy (non-hydrogen) atoms. The van der Waals surface area contributed by atoms with Gasteiger partial charge in [-0.05, 0) is 36.6 Å². The smallest absolute Gasteiger partial charge is 0.214 e. The summed E-state index contributed by atoms with van der Waals surface area (Å²) < 4.78 is 30.2. The van der Waals surface area contributed by atoms with Gasteiger partial charge in [0.2, 0.25) is 5.95 Å². The van der Waals surface area contributed by atoms with E-state index in [9.17, 15) is 8.78 Å². The normalized spacial score (nSPS) is 13.9. The van der Waals surface area contributed by atoms with Crippen LogP contribution in [0.5, 0.6) is 0 Å². The average molecular weight is 362 g/mol. The van der Waals surface area contributed by atoms with Gasteiger partial charge in [-0.1, -0.05) is 29.3 Å². The molecule has 1 aliphatic heterocycles. The van der Waals surface area contributed by atoms with E-state index in [-0.39, 0.29) is 20.8 Å². The molecule has 1 fully saturated rings. The lowest BCUT2D eigenvalue weighted by atomic mass is 10.2. The first-order valence-corrected chi connectivity index (χ1v) is 8.11. The van der Waals surface area contributed by atoms with Gasteiger partial charge in [0.25, 0.3) is 0 Å². The Morgan fingerprint density at radius 2 is 2.00 bits per heavy atom. The molecule has 1 saturated heterocycles. The summed E-state index contributed by atoms with van der Waals surface area (Å²) in [6, 6.07) is 5.94. The van der Waals surface area contributed by atoms with Crippen LogP contribution in [0.4, 0.5) is 20.3 Å². The maximum absolute atomic E-state index is 14.4. The van der Waals surface area contributed by atoms with Crippen LogP contribution in [-0.4, -0.2) is 18.1 Å². The number of rotatable bonds is 4. The Morgan fingerprint density at radius 1 is 1.23 bits per heavy atom. The molecule has 1 aromatic carbocycles. The molecule has 1 aromatic heterocycles. The van der Waals surface area contributed by atoms with Gasteiger partial charge in [0, 0.05) is 13.1 Å². The standard InChI is InChI=1S/C14H11Cl2F2N3S/c15-8-7-9(21-5-2-6-21)12(16)13(18)14(8)22-20-11-4-1-3-10(17)19-11/h1,3-4,7H,2,5-6H2,(H,19,20). The van der Waals surface area contributed by atoms with Crippen molar-refractivity contribution in [3.8, 4) is 0 Å². The number of hydrogen-bond acceptors (Lipinski definition) is 4. The number of anilines is 2. The lowest BCUT2D eigenvalue weighted by Crippen LogP contribution is -2.37. The highest BCUT2D eigenvalue weighted by Gasteiger charge is 2.23. The zero-order chi connectivity index (χ0) is 15.7. The lowest BCUT2D eigenvalue weighted by Gasteiger charge is -2.34. The molecule has 3 nitrogen and oxygen atoms in total. The fourth-order valence-electron chi connectivity index (χ4n) is 2.02. The van der Waals surface area contributed by atoms with Gasteiger partial charge in [0.1, 0.15) is 10.8 Å². The summed E-state index contributed by atoms with van der Waals surface area (Å²) >= 11 is 13.1. The third-order valence-electron chi connectivity index (χ3n) is 3.27. The Hall–Kier alpha value is -1.24. The van der Waals surface area contributed by atoms with E-state index in [4.69, 9.17) is 23.2 Å². The molecule has 1 N–H and O–H groups in total. The van der Waals surface area contributed by atoms with Gasteiger partial charge in [-0.15, -0.1) is 0 Å². The fraction of sp³-hybridized carbons (Fsp3) is 0.214. The second-order valence-corrected chi connectivity index (χ2v) is 6.33. The van der Waals surface area contributed by atoms with Gasteiger partial charge >= 0.3 is 0 Å². The van der Waals surface area contributed by atoms with Crippen molar-refractivity contribution in [3.05, 3.63) is 46.1 Å². The maximum Gasteiger partial charge on any atom is 0.214 e. The van der Waals surface area contributed by atoms with E-state index >= 15 is 0 Å². The lowest BCUT2D eigenvalue weighted by molar-refractivity contribution is 0.586. The highest BCUT2D eigenvalue weighted by Crippen LogP contribution is 2.41. The van der Waals surface area contributed by atoms with Gasteiger partial charge in [-0.3, -0.25) is 0 Å². The summed E-state index contributed by atoms with van der Waals surface area (Å²) in [7, 11) is 0. The van der Waals surface area contributed by atoms with E-state index < -0.39 is 11.8 Å². The van der Waals surface area contributed by atoms with Crippen LogP contribution in [0.1, 0.15) is 6.42 Å². The van der Waals surface area contributed by atoms with Crippen LogP contribution in [0.2, 0.25) is 10.0 Å². The largest absolute Gasteiger partial charge is 0.370 e. The van der Waals surface area contributed by atoms with E-state index in [1.165, 1.54) is 12.1 Å². The minimum atomic E-state index is -0.622. The third kappa shape index (κ3) is 3.09. The van der Waals surface area contributed by atoms with Gasteiger partial charge < -0.3 is 9.62 Å². The van der Waals surface area contributed by atoms with Gasteiger partial charge in [-0.25, -0.2) is 9.37 Å². The Bertz CT molecular complexity index is 711. The van der Waals surface area contributed by atoms with Crippen LogP contribution in [-0.2, 0) is 0 Å². The minimum Gasteiger partial charge on any atom is -0.370 e. The van der Waals surface area contributed by atoms with Crippen LogP contribution in [0, 0.1) is 11.8 Å². The number of nitrogens with zero attached hydrogens (tertiary/aromatic N) is 2. The molecule has 0 radical (unpaired) electrons. The highest BCUT2D eigenvalue weighted by atomic mass is 35.5. The summed E-state index contributed by atoms with van der Waals surface area (Å²) in [6.07, 6.45) is 1.05. The van der Waals surface area contributed by atoms with Crippen molar-refractivity contribution >= 4 is 46.7 Å². The van der Waals surface area contributed by atoms with Crippen LogP contribution in [0.25, 0.3) is 0 Å². The first-order chi connectivity index (χ1) is 10.6. The second-order valence-electron chi connectivity index (χ2n) is 4.72. The number of halogens is 4. The van der Waals surface area contributed by atoms with Crippen molar-refractivity contribution in [2.24, 2.45) is 0 Å². The average Bonchev–Trinajstić information content (AvgIpc) is 2.42. The molecule has 0 aliphatic carbocycles. The summed E-state index contributed by atoms with van der Waals surface area (Å²) in [5.41, 5.74) is 0.601. The Balaban J connectivity index is 1.83. The van der Waals surface area contributed by atoms with Crippen molar-refractivity contribution in [3.63, 3.8) is 0 Å². The van der Waals surface area contributed by atoms with E-state index in [2.05, 4.69) is 9.71 Å². The van der Waals surface area contributed by atoms with Gasteiger partial charge in [0.15, 0.2) is 5.82 Å². The molecule has 3 rings (SSSR count). The molecule has 8 heteroatoms. The quantitative estimate of drug-likeness (QED) is 0.471. The van der Waals surface area contributed by atoms with Crippen LogP contribution < -0.4 is 9.62 Å². The Labute approximate surface area is 140 Å². The molecular weight excluding hydrogens is 351 g/mol. The molecular formula is C14H11Cl2F2N3S. The number of pyridine rings is 1. The van der Waals surface area contributed by atoms with Crippen molar-refractivity contribution in [1.82, 2.24) is 4.98 Å². The topological polar surface area (TPSA) is 28.2 Å². The molecule has 0 spiro atoms. The van der Waals surface area contributed by atoms with Crippen LogP contribution in [0.15, 0.2) is 29.2 Å². The summed E-state index contributed by atoms with van der Waals surface area (Å²) in [5, 5.41) is 0.290. The zero-order valence-corrected chi connectivity index (χ0v) is 13.6. The molecule has 0 unspecified atom stereocenters. The maximum atomic E-state index is 14.4. The highest BCUT2D eigenvalue weighted by molar-refractivity contribution is 8.00. The first kappa shape index (κ1) is 15.6. The molecule has 1 aliphatic rings. The SMILES string of the molecule is Fc1cccc(NSc2c(Cl)cc(N3CCC3)c(Cl)c2F)n1. The van der Waals surface area contributed by atoms with E-state index in [0.717, 1.165) is 31.5 Å². The minimum absolute atomic E-state index is 0.0422. The fourth-order valence-corrected chi connectivity index (χ4v) is 3.31. The number of benzene rings is 1. The van der Waals surface area contributed by atoms with E-state index in [0.29, 0.717) is 5.69 Å². The Kier molecular flexibility index (Phi) is 4.61. The number of aromatic nitrogens is 1. The summed E-state index contributed by atoms with van der Waals surface area (Å²) in [6.45, 7) is 1.68. The van der Waals surface area contributed by atoms with Crippen LogP contribution in [0.3, 0.4) is 0 Å². The van der Waals surface area contributed by atoms with Gasteiger partial charge in [-0.2, -0.15) is 4.39 Å². The monoisotopic (exact) mass is 361 g/mol. The first-order valence-electron chi connectivity index (χ1n) is 6.54. The van der Waals surface area contributed by atoms with Crippen molar-refractivity contribution < 1.29 is 8.78 Å². The molecule has 2 heterocycles. The molecule has 0 saturated carbocycles. The summed E-state index contributed by atoms with van der Waals surface area (Å²) in [4.78, 5) is 5.75. The predicted molar refractivity (Wildman–Crippen MR) is 86.9 cm³/mol. The van der Waals surface area contributed by atoms with Gasteiger partial charge in [0.05, 0.1) is 15.6 Å². The molecule has 0 amide bonds. The summed E-state index contributed by atoms with van der Waals surface area (Å²) in [5.74, 6) is -0.947. The Morgan fingerprint density at radius 3 is 2.64 bits per heavy atom. The molecule has 0 atom stereocenters. The molecule has 0 bridgehead atoms. The van der Waals surface area contributed by atoms with Crippen LogP contribution >= 0.6 is 35.1 Å². The van der Waals surface area contributed by atoms with E-state index in [1.807, 2.05) is 4.90 Å².